The molecule has 0 saturated heterocycles. The van der Waals surface area contributed by atoms with Gasteiger partial charge in [-0.1, -0.05) is 42.0 Å². The molecule has 4 aliphatic carbocycles. The summed E-state index contributed by atoms with van der Waals surface area (Å²) in [6, 6.07) is 20.8. The van der Waals surface area contributed by atoms with Gasteiger partial charge in [0.05, 0.1) is 10.6 Å². The molecule has 0 aliphatic heterocycles. The quantitative estimate of drug-likeness (QED) is 0.353. The predicted molar refractivity (Wildman–Crippen MR) is 157 cm³/mol. The lowest BCUT2D eigenvalue weighted by atomic mass is 9.48. The van der Waals surface area contributed by atoms with Crippen molar-refractivity contribution in [3.05, 3.63) is 89.0 Å². The van der Waals surface area contributed by atoms with Crippen LogP contribution in [-0.2, 0) is 20.2 Å². The molecule has 4 saturated carbocycles. The van der Waals surface area contributed by atoms with Crippen LogP contribution in [0.4, 0.5) is 11.4 Å². The SMILES string of the molecule is Cc1ccc(S(=O)(=O)N(CC(=O)Nc2ccc(C34CC5CC(CC(C5)C3)C4)cc2)c2cc(C)ccc2C)cc1. The van der Waals surface area contributed by atoms with Crippen LogP contribution in [0.25, 0.3) is 0 Å². The van der Waals surface area contributed by atoms with Crippen molar-refractivity contribution in [2.24, 2.45) is 17.8 Å². The highest BCUT2D eigenvalue weighted by molar-refractivity contribution is 7.92. The van der Waals surface area contributed by atoms with Gasteiger partial charge in [-0.15, -0.1) is 0 Å². The molecular weight excluding hydrogens is 504 g/mol. The molecule has 204 valence electrons. The van der Waals surface area contributed by atoms with Gasteiger partial charge in [-0.3, -0.25) is 9.10 Å². The molecule has 4 bridgehead atoms. The fourth-order valence-electron chi connectivity index (χ4n) is 7.83. The van der Waals surface area contributed by atoms with Gasteiger partial charge in [-0.05, 0) is 129 Å². The van der Waals surface area contributed by atoms with Gasteiger partial charge in [0.1, 0.15) is 6.54 Å². The first-order valence-corrected chi connectivity index (χ1v) is 15.6. The third-order valence-electron chi connectivity index (χ3n) is 9.35. The fraction of sp³-hybridized carbons (Fsp3) is 0.424. The van der Waals surface area contributed by atoms with Crippen LogP contribution in [-0.4, -0.2) is 20.9 Å². The van der Waals surface area contributed by atoms with E-state index in [1.807, 2.05) is 51.1 Å². The summed E-state index contributed by atoms with van der Waals surface area (Å²) in [6.07, 6.45) is 8.13. The highest BCUT2D eigenvalue weighted by Gasteiger charge is 2.51. The van der Waals surface area contributed by atoms with Gasteiger partial charge in [0.2, 0.25) is 5.91 Å². The maximum Gasteiger partial charge on any atom is 0.264 e. The van der Waals surface area contributed by atoms with Crippen LogP contribution in [0, 0.1) is 38.5 Å². The zero-order valence-corrected chi connectivity index (χ0v) is 23.9. The lowest BCUT2D eigenvalue weighted by molar-refractivity contribution is -0.114. The van der Waals surface area contributed by atoms with E-state index in [0.717, 1.165) is 34.4 Å². The molecule has 1 amide bonds. The lowest BCUT2D eigenvalue weighted by Crippen LogP contribution is -2.48. The first-order chi connectivity index (χ1) is 18.6. The Balaban J connectivity index is 1.23. The number of benzene rings is 3. The number of sulfonamides is 1. The summed E-state index contributed by atoms with van der Waals surface area (Å²) >= 11 is 0. The Bertz CT molecular complexity index is 1460. The van der Waals surface area contributed by atoms with E-state index in [1.54, 1.807) is 24.3 Å². The average molecular weight is 543 g/mol. The summed E-state index contributed by atoms with van der Waals surface area (Å²) in [4.78, 5) is 13.5. The van der Waals surface area contributed by atoms with E-state index in [9.17, 15) is 13.2 Å². The molecule has 0 atom stereocenters. The smallest absolute Gasteiger partial charge is 0.264 e. The molecule has 0 radical (unpaired) electrons. The summed E-state index contributed by atoms with van der Waals surface area (Å²) < 4.78 is 28.8. The Morgan fingerprint density at radius 3 is 1.97 bits per heavy atom. The molecule has 3 aromatic rings. The van der Waals surface area contributed by atoms with E-state index < -0.39 is 10.0 Å². The van der Waals surface area contributed by atoms with Crippen LogP contribution in [0.5, 0.6) is 0 Å². The number of hydrogen-bond donors (Lipinski definition) is 1. The number of amides is 1. The van der Waals surface area contributed by atoms with Gasteiger partial charge in [-0.25, -0.2) is 8.42 Å². The standard InChI is InChI=1S/C33H38N2O3S/c1-22-5-12-30(13-6-22)39(37,38)35(31-14-23(2)4-7-24(31)3)21-32(36)34-29-10-8-28(9-11-29)33-18-25-15-26(19-33)17-27(16-25)20-33/h4-14,25-27H,15-21H2,1-3H3,(H,34,36). The Hall–Kier alpha value is -3.12. The molecule has 7 rings (SSSR count). The number of carbonyl (C=O) groups excluding carboxylic acids is 1. The second-order valence-electron chi connectivity index (χ2n) is 12.4. The monoisotopic (exact) mass is 542 g/mol. The number of nitrogens with one attached hydrogen (secondary N) is 1. The van der Waals surface area contributed by atoms with E-state index >= 15 is 0 Å². The molecule has 39 heavy (non-hydrogen) atoms. The predicted octanol–water partition coefficient (Wildman–Crippen LogP) is 6.91. The summed E-state index contributed by atoms with van der Waals surface area (Å²) in [5, 5.41) is 2.96. The van der Waals surface area contributed by atoms with Crippen LogP contribution < -0.4 is 9.62 Å². The highest BCUT2D eigenvalue weighted by Crippen LogP contribution is 2.60. The second-order valence-corrected chi connectivity index (χ2v) is 14.3. The van der Waals surface area contributed by atoms with Crippen LogP contribution in [0.1, 0.15) is 60.8 Å². The Morgan fingerprint density at radius 1 is 0.821 bits per heavy atom. The van der Waals surface area contributed by atoms with Crippen LogP contribution >= 0.6 is 0 Å². The van der Waals surface area contributed by atoms with Crippen LogP contribution in [0.15, 0.2) is 71.6 Å². The summed E-state index contributed by atoms with van der Waals surface area (Å²) in [5.41, 5.74) is 5.62. The Labute approximate surface area is 232 Å². The van der Waals surface area contributed by atoms with Crippen molar-refractivity contribution in [1.82, 2.24) is 0 Å². The number of anilines is 2. The number of rotatable bonds is 7. The topological polar surface area (TPSA) is 66.5 Å². The van der Waals surface area contributed by atoms with Gasteiger partial charge in [0, 0.05) is 5.69 Å². The minimum atomic E-state index is -3.96. The third-order valence-corrected chi connectivity index (χ3v) is 11.1. The molecular formula is C33H38N2O3S. The third kappa shape index (κ3) is 5.00. The fourth-order valence-corrected chi connectivity index (χ4v) is 9.30. The van der Waals surface area contributed by atoms with E-state index in [4.69, 9.17) is 0 Å². The number of aryl methyl sites for hydroxylation is 3. The van der Waals surface area contributed by atoms with Gasteiger partial charge in [0.25, 0.3) is 10.0 Å². The first-order valence-electron chi connectivity index (χ1n) is 14.2. The molecule has 1 N–H and O–H groups in total. The molecule has 0 spiro atoms. The molecule has 0 unspecified atom stereocenters. The van der Waals surface area contributed by atoms with Crippen molar-refractivity contribution in [2.75, 3.05) is 16.2 Å². The largest absolute Gasteiger partial charge is 0.325 e. The molecule has 4 aliphatic rings. The van der Waals surface area contributed by atoms with Crippen molar-refractivity contribution in [1.29, 1.82) is 0 Å². The molecule has 6 heteroatoms. The molecule has 4 fully saturated rings. The van der Waals surface area contributed by atoms with Gasteiger partial charge < -0.3 is 5.32 Å². The summed E-state index contributed by atoms with van der Waals surface area (Å²) in [7, 11) is -3.96. The first kappa shape index (κ1) is 26.1. The summed E-state index contributed by atoms with van der Waals surface area (Å²) in [5.74, 6) is 2.26. The molecule has 0 aromatic heterocycles. The molecule has 5 nitrogen and oxygen atoms in total. The Kier molecular flexibility index (Phi) is 6.57. The van der Waals surface area contributed by atoms with Crippen molar-refractivity contribution in [3.8, 4) is 0 Å². The normalized spacial score (nSPS) is 25.5. The number of carbonyl (C=O) groups is 1. The highest BCUT2D eigenvalue weighted by atomic mass is 32.2. The van der Waals surface area contributed by atoms with Crippen molar-refractivity contribution in [3.63, 3.8) is 0 Å². The average Bonchev–Trinajstić information content (AvgIpc) is 2.88. The second kappa shape index (κ2) is 9.81. The minimum absolute atomic E-state index is 0.168. The maximum absolute atomic E-state index is 13.8. The zero-order chi connectivity index (χ0) is 27.4. The van der Waals surface area contributed by atoms with Gasteiger partial charge >= 0.3 is 0 Å². The van der Waals surface area contributed by atoms with Crippen molar-refractivity contribution < 1.29 is 13.2 Å². The maximum atomic E-state index is 13.8. The van der Waals surface area contributed by atoms with E-state index in [0.29, 0.717) is 16.8 Å². The van der Waals surface area contributed by atoms with Crippen molar-refractivity contribution >= 4 is 27.3 Å². The van der Waals surface area contributed by atoms with Crippen LogP contribution in [0.3, 0.4) is 0 Å². The number of nitrogens with zero attached hydrogens (tertiary/aromatic N) is 1. The van der Waals surface area contributed by atoms with Crippen LogP contribution in [0.2, 0.25) is 0 Å². The van der Waals surface area contributed by atoms with Gasteiger partial charge in [0.15, 0.2) is 0 Å². The zero-order valence-electron chi connectivity index (χ0n) is 23.1. The van der Waals surface area contributed by atoms with E-state index in [1.165, 1.54) is 48.4 Å². The Morgan fingerprint density at radius 2 is 1.38 bits per heavy atom. The van der Waals surface area contributed by atoms with E-state index in [2.05, 4.69) is 17.4 Å². The molecule has 0 heterocycles. The summed E-state index contributed by atoms with van der Waals surface area (Å²) in [6.45, 7) is 5.40. The number of hydrogen-bond acceptors (Lipinski definition) is 3. The molecule has 3 aromatic carbocycles. The lowest BCUT2D eigenvalue weighted by Gasteiger charge is -2.57. The minimum Gasteiger partial charge on any atom is -0.325 e. The van der Waals surface area contributed by atoms with E-state index in [-0.39, 0.29) is 17.3 Å². The van der Waals surface area contributed by atoms with Crippen molar-refractivity contribution in [2.45, 2.75) is 69.6 Å². The van der Waals surface area contributed by atoms with Gasteiger partial charge in [-0.2, -0.15) is 0 Å².